The molecule has 0 amide bonds. The predicted octanol–water partition coefficient (Wildman–Crippen LogP) is -2.08. The van der Waals surface area contributed by atoms with Crippen molar-refractivity contribution in [1.82, 2.24) is 9.80 Å². The van der Waals surface area contributed by atoms with Gasteiger partial charge in [-0.25, -0.2) is 0 Å². The van der Waals surface area contributed by atoms with Gasteiger partial charge in [0.1, 0.15) is 0 Å². The Kier molecular flexibility index (Phi) is 7.40. The number of β-amino-alcohol motifs (C(OH)–C–C–N with tert-alkyl or cyclic N) is 1. The minimum absolute atomic E-state index is 0.0262. The van der Waals surface area contributed by atoms with Crippen molar-refractivity contribution in [2.75, 3.05) is 53.0 Å². The van der Waals surface area contributed by atoms with E-state index in [0.29, 0.717) is 19.6 Å². The highest BCUT2D eigenvalue weighted by atomic mass is 28.4. The maximum atomic E-state index is 9.81. The molecule has 1 heterocycles. The largest absolute Gasteiger partial charge is 0.492 e. The van der Waals surface area contributed by atoms with E-state index in [1.54, 1.807) is 0 Å². The number of piperazine rings is 1. The molecule has 114 valence electrons. The molecule has 19 heavy (non-hydrogen) atoms. The van der Waals surface area contributed by atoms with Gasteiger partial charge in [0.05, 0.1) is 12.7 Å². The van der Waals surface area contributed by atoms with Crippen molar-refractivity contribution in [1.29, 1.82) is 0 Å². The fourth-order valence-electron chi connectivity index (χ4n) is 2.01. The maximum absolute atomic E-state index is 9.81. The summed E-state index contributed by atoms with van der Waals surface area (Å²) in [5.74, 6) is 0. The zero-order valence-corrected chi connectivity index (χ0v) is 12.5. The quantitative estimate of drug-likeness (QED) is 0.301. The number of likely N-dealkylation sites (N-methyl/N-ethyl adjacent to an activating group) is 1. The molecule has 7 nitrogen and oxygen atoms in total. The van der Waals surface area contributed by atoms with Gasteiger partial charge in [-0.15, -0.1) is 0 Å². The van der Waals surface area contributed by atoms with Gasteiger partial charge in [0.15, 0.2) is 0 Å². The van der Waals surface area contributed by atoms with E-state index in [1.807, 2.05) is 0 Å². The van der Waals surface area contributed by atoms with Crippen LogP contribution in [0.3, 0.4) is 0 Å². The third kappa shape index (κ3) is 8.66. The van der Waals surface area contributed by atoms with Gasteiger partial charge < -0.3 is 29.1 Å². The zero-order valence-electron chi connectivity index (χ0n) is 11.5. The third-order valence-electron chi connectivity index (χ3n) is 3.18. The molecule has 0 bridgehead atoms. The molecule has 1 saturated heterocycles. The van der Waals surface area contributed by atoms with Crippen LogP contribution in [0.2, 0.25) is 6.04 Å². The van der Waals surface area contributed by atoms with Gasteiger partial charge in [0.25, 0.3) is 0 Å². The van der Waals surface area contributed by atoms with E-state index in [4.69, 9.17) is 19.1 Å². The topological polar surface area (TPSA) is 96.6 Å². The van der Waals surface area contributed by atoms with Gasteiger partial charge in [0.2, 0.25) is 0 Å². The molecule has 1 rings (SSSR count). The highest BCUT2D eigenvalue weighted by Gasteiger charge is 2.25. The summed E-state index contributed by atoms with van der Waals surface area (Å²) in [5.41, 5.74) is 0. The second-order valence-corrected chi connectivity index (χ2v) is 7.26. The van der Waals surface area contributed by atoms with Gasteiger partial charge in [0, 0.05) is 45.4 Å². The summed E-state index contributed by atoms with van der Waals surface area (Å²) >= 11 is 0. The SMILES string of the molecule is CN1CCN(CC(O)COCCC[Si](O)(O)O)CC1. The van der Waals surface area contributed by atoms with Gasteiger partial charge in [-0.05, 0) is 13.5 Å². The van der Waals surface area contributed by atoms with E-state index < -0.39 is 14.9 Å². The van der Waals surface area contributed by atoms with Gasteiger partial charge in [-0.3, -0.25) is 4.90 Å². The number of rotatable bonds is 8. The van der Waals surface area contributed by atoms with E-state index in [0.717, 1.165) is 26.2 Å². The number of aliphatic hydroxyl groups is 1. The molecule has 4 N–H and O–H groups in total. The van der Waals surface area contributed by atoms with Crippen molar-refractivity contribution in [3.63, 3.8) is 0 Å². The number of hydrogen-bond acceptors (Lipinski definition) is 7. The normalized spacial score (nSPS) is 20.7. The molecule has 8 heteroatoms. The summed E-state index contributed by atoms with van der Waals surface area (Å²) in [7, 11) is -1.84. The van der Waals surface area contributed by atoms with Crippen LogP contribution >= 0.6 is 0 Å². The summed E-state index contributed by atoms with van der Waals surface area (Å²) in [6.45, 7) is 5.11. The lowest BCUT2D eigenvalue weighted by Gasteiger charge is -2.33. The standard InChI is InChI=1S/C11H26N2O5Si/c1-12-3-5-13(6-4-12)9-11(14)10-18-7-2-8-19(15,16)17/h11,14-17H,2-10H2,1H3. The van der Waals surface area contributed by atoms with Crippen molar-refractivity contribution in [2.45, 2.75) is 18.6 Å². The number of nitrogens with zero attached hydrogens (tertiary/aromatic N) is 2. The highest BCUT2D eigenvalue weighted by Crippen LogP contribution is 2.03. The lowest BCUT2D eigenvalue weighted by molar-refractivity contribution is 0.00853. The molecule has 1 atom stereocenters. The Bertz CT molecular complexity index is 244. The monoisotopic (exact) mass is 294 g/mol. The molecule has 1 aliphatic rings. The van der Waals surface area contributed by atoms with Crippen molar-refractivity contribution in [3.8, 4) is 0 Å². The summed E-state index contributed by atoms with van der Waals surface area (Å²) < 4.78 is 5.26. The van der Waals surface area contributed by atoms with Crippen LogP contribution in [0.25, 0.3) is 0 Å². The fourth-order valence-corrected chi connectivity index (χ4v) is 2.63. The van der Waals surface area contributed by atoms with E-state index in [-0.39, 0.29) is 12.7 Å². The summed E-state index contributed by atoms with van der Waals surface area (Å²) in [4.78, 5) is 30.9. The Morgan fingerprint density at radius 2 is 1.79 bits per heavy atom. The summed E-state index contributed by atoms with van der Waals surface area (Å²) in [6.07, 6.45) is -0.139. The predicted molar refractivity (Wildman–Crippen MR) is 72.6 cm³/mol. The zero-order chi connectivity index (χ0) is 14.3. The van der Waals surface area contributed by atoms with Crippen LogP contribution in [0.5, 0.6) is 0 Å². The van der Waals surface area contributed by atoms with Crippen LogP contribution in [-0.4, -0.2) is 97.2 Å². The Morgan fingerprint density at radius 3 is 2.37 bits per heavy atom. The second-order valence-electron chi connectivity index (χ2n) is 5.21. The Balaban J connectivity index is 2.00. The molecule has 0 saturated carbocycles. The van der Waals surface area contributed by atoms with Crippen LogP contribution in [0.4, 0.5) is 0 Å². The van der Waals surface area contributed by atoms with Crippen LogP contribution in [0.15, 0.2) is 0 Å². The fraction of sp³-hybridized carbons (Fsp3) is 1.00. The first kappa shape index (κ1) is 17.0. The van der Waals surface area contributed by atoms with Crippen molar-refractivity contribution in [3.05, 3.63) is 0 Å². The van der Waals surface area contributed by atoms with Gasteiger partial charge in [-0.1, -0.05) is 0 Å². The molecule has 0 spiro atoms. The van der Waals surface area contributed by atoms with Crippen LogP contribution in [-0.2, 0) is 4.74 Å². The first-order valence-electron chi connectivity index (χ1n) is 6.70. The first-order chi connectivity index (χ1) is 8.87. The molecule has 0 aliphatic carbocycles. The van der Waals surface area contributed by atoms with E-state index in [1.165, 1.54) is 0 Å². The lowest BCUT2D eigenvalue weighted by atomic mass is 10.3. The molecule has 0 aromatic heterocycles. The van der Waals surface area contributed by atoms with Gasteiger partial charge in [-0.2, -0.15) is 0 Å². The molecule has 1 fully saturated rings. The van der Waals surface area contributed by atoms with Crippen molar-refractivity contribution < 1.29 is 24.2 Å². The Hall–Kier alpha value is -0.0631. The first-order valence-corrected chi connectivity index (χ1v) is 8.75. The lowest BCUT2D eigenvalue weighted by Crippen LogP contribution is -2.47. The smallest absolute Gasteiger partial charge is 0.390 e. The highest BCUT2D eigenvalue weighted by molar-refractivity contribution is 6.56. The average molecular weight is 294 g/mol. The van der Waals surface area contributed by atoms with Crippen LogP contribution in [0.1, 0.15) is 6.42 Å². The molecule has 0 aromatic carbocycles. The van der Waals surface area contributed by atoms with Crippen LogP contribution in [0, 0.1) is 0 Å². The molecular formula is C11H26N2O5Si. The molecular weight excluding hydrogens is 268 g/mol. The third-order valence-corrected chi connectivity index (χ3v) is 4.20. The minimum atomic E-state index is -3.93. The van der Waals surface area contributed by atoms with E-state index >= 15 is 0 Å². The number of hydrogen-bond donors (Lipinski definition) is 4. The van der Waals surface area contributed by atoms with Crippen molar-refractivity contribution in [2.24, 2.45) is 0 Å². The van der Waals surface area contributed by atoms with Crippen molar-refractivity contribution >= 4 is 8.80 Å². The molecule has 0 aromatic rings. The summed E-state index contributed by atoms with van der Waals surface area (Å²) in [6, 6.07) is -0.0262. The molecule has 0 radical (unpaired) electrons. The molecule has 1 unspecified atom stereocenters. The second kappa shape index (κ2) is 8.27. The number of ether oxygens (including phenoxy) is 1. The van der Waals surface area contributed by atoms with Crippen LogP contribution < -0.4 is 0 Å². The maximum Gasteiger partial charge on any atom is 0.492 e. The van der Waals surface area contributed by atoms with E-state index in [9.17, 15) is 5.11 Å². The van der Waals surface area contributed by atoms with E-state index in [2.05, 4.69) is 16.8 Å². The summed E-state index contributed by atoms with van der Waals surface area (Å²) in [5, 5.41) is 9.81. The average Bonchev–Trinajstić information content (AvgIpc) is 2.30. The Labute approximate surface area is 115 Å². The van der Waals surface area contributed by atoms with Gasteiger partial charge >= 0.3 is 8.80 Å². The molecule has 1 aliphatic heterocycles. The minimum Gasteiger partial charge on any atom is -0.390 e. The Morgan fingerprint density at radius 1 is 1.16 bits per heavy atom. The number of aliphatic hydroxyl groups excluding tert-OH is 1.